The average Bonchev–Trinajstić information content (AvgIpc) is 2.64. The van der Waals surface area contributed by atoms with Crippen molar-refractivity contribution in [3.63, 3.8) is 0 Å². The van der Waals surface area contributed by atoms with Crippen LogP contribution in [0.4, 0.5) is 14.5 Å². The fourth-order valence-electron chi connectivity index (χ4n) is 2.62. The van der Waals surface area contributed by atoms with E-state index in [1.54, 1.807) is 24.1 Å². The van der Waals surface area contributed by atoms with Crippen molar-refractivity contribution in [3.05, 3.63) is 59.7 Å². The molecule has 0 aliphatic rings. The zero-order valence-electron chi connectivity index (χ0n) is 16.5. The minimum atomic E-state index is -2.85. The van der Waals surface area contributed by atoms with Crippen LogP contribution < -0.4 is 15.4 Å². The van der Waals surface area contributed by atoms with Gasteiger partial charge in [-0.2, -0.15) is 8.78 Å². The first kappa shape index (κ1) is 22.3. The number of carbonyl (C=O) groups is 2. The van der Waals surface area contributed by atoms with Gasteiger partial charge in [0.1, 0.15) is 5.75 Å². The Morgan fingerprint density at radius 2 is 1.62 bits per heavy atom. The zero-order chi connectivity index (χ0) is 21.2. The number of amides is 2. The molecule has 156 valence electrons. The fraction of sp³-hybridized carbons (Fsp3) is 0.333. The quantitative estimate of drug-likeness (QED) is 0.638. The number of aryl methyl sites for hydroxylation is 1. The van der Waals surface area contributed by atoms with E-state index in [0.29, 0.717) is 18.7 Å². The molecule has 0 aliphatic heterocycles. The van der Waals surface area contributed by atoms with Crippen LogP contribution in [0.5, 0.6) is 5.75 Å². The number of halogens is 2. The molecule has 0 aromatic heterocycles. The van der Waals surface area contributed by atoms with Crippen molar-refractivity contribution in [2.75, 3.05) is 32.0 Å². The van der Waals surface area contributed by atoms with Crippen LogP contribution in [0.25, 0.3) is 0 Å². The number of ether oxygens (including phenoxy) is 1. The van der Waals surface area contributed by atoms with Crippen molar-refractivity contribution < 1.29 is 23.1 Å². The van der Waals surface area contributed by atoms with Crippen molar-refractivity contribution in [3.8, 4) is 5.75 Å². The van der Waals surface area contributed by atoms with Crippen molar-refractivity contribution >= 4 is 17.5 Å². The second-order valence-electron chi connectivity index (χ2n) is 6.71. The molecule has 0 saturated carbocycles. The molecule has 2 rings (SSSR count). The van der Waals surface area contributed by atoms with Crippen LogP contribution in [-0.4, -0.2) is 50.0 Å². The molecule has 0 heterocycles. The van der Waals surface area contributed by atoms with E-state index < -0.39 is 6.61 Å². The van der Waals surface area contributed by atoms with Crippen LogP contribution in [0.1, 0.15) is 11.1 Å². The van der Waals surface area contributed by atoms with Crippen molar-refractivity contribution in [2.24, 2.45) is 0 Å². The standard InChI is InChI=1S/C21H25F2N3O3/c1-15-3-7-17(8-4-15)25-20(28)14-26(2)13-19(27)24-12-11-16-5-9-18(10-6-16)29-21(22)23/h3-10,21H,11-14H2,1-2H3,(H,24,27)(H,25,28). The molecule has 29 heavy (non-hydrogen) atoms. The van der Waals surface area contributed by atoms with Gasteiger partial charge >= 0.3 is 6.61 Å². The molecule has 0 radical (unpaired) electrons. The van der Waals surface area contributed by atoms with Gasteiger partial charge in [-0.3, -0.25) is 14.5 Å². The van der Waals surface area contributed by atoms with Gasteiger partial charge in [0.15, 0.2) is 0 Å². The van der Waals surface area contributed by atoms with E-state index in [0.717, 1.165) is 11.1 Å². The van der Waals surface area contributed by atoms with Gasteiger partial charge in [-0.05, 0) is 50.2 Å². The lowest BCUT2D eigenvalue weighted by Gasteiger charge is -2.16. The molecule has 8 heteroatoms. The van der Waals surface area contributed by atoms with Crippen molar-refractivity contribution in [1.29, 1.82) is 0 Å². The number of carbonyl (C=O) groups excluding carboxylic acids is 2. The molecule has 0 aliphatic carbocycles. The Balaban J connectivity index is 1.66. The van der Waals surface area contributed by atoms with Crippen LogP contribution in [-0.2, 0) is 16.0 Å². The number of hydrogen-bond acceptors (Lipinski definition) is 4. The second kappa shape index (κ2) is 11.1. The van der Waals surface area contributed by atoms with Crippen LogP contribution in [0.3, 0.4) is 0 Å². The van der Waals surface area contributed by atoms with E-state index in [9.17, 15) is 18.4 Å². The van der Waals surface area contributed by atoms with Gasteiger partial charge in [0, 0.05) is 12.2 Å². The number of benzene rings is 2. The van der Waals surface area contributed by atoms with E-state index >= 15 is 0 Å². The smallest absolute Gasteiger partial charge is 0.387 e. The Morgan fingerprint density at radius 1 is 1.00 bits per heavy atom. The van der Waals surface area contributed by atoms with E-state index in [1.807, 2.05) is 31.2 Å². The molecular formula is C21H25F2N3O3. The summed E-state index contributed by atoms with van der Waals surface area (Å²) in [6.07, 6.45) is 0.554. The fourth-order valence-corrected chi connectivity index (χ4v) is 2.62. The van der Waals surface area contributed by atoms with Gasteiger partial charge < -0.3 is 15.4 Å². The van der Waals surface area contributed by atoms with Gasteiger partial charge in [-0.15, -0.1) is 0 Å². The number of nitrogens with one attached hydrogen (secondary N) is 2. The maximum absolute atomic E-state index is 12.1. The molecule has 0 saturated heterocycles. The Morgan fingerprint density at radius 3 is 2.24 bits per heavy atom. The highest BCUT2D eigenvalue weighted by Gasteiger charge is 2.11. The van der Waals surface area contributed by atoms with Gasteiger partial charge in [-0.1, -0.05) is 29.8 Å². The third-order valence-corrected chi connectivity index (χ3v) is 4.05. The summed E-state index contributed by atoms with van der Waals surface area (Å²) < 4.78 is 28.5. The first-order chi connectivity index (χ1) is 13.8. The Kier molecular flexibility index (Phi) is 8.54. The molecule has 0 bridgehead atoms. The Labute approximate surface area is 168 Å². The lowest BCUT2D eigenvalue weighted by atomic mass is 10.1. The normalized spacial score (nSPS) is 10.8. The van der Waals surface area contributed by atoms with Gasteiger partial charge in [0.2, 0.25) is 11.8 Å². The van der Waals surface area contributed by atoms with Crippen LogP contribution in [0, 0.1) is 6.92 Å². The summed E-state index contributed by atoms with van der Waals surface area (Å²) in [4.78, 5) is 25.7. The zero-order valence-corrected chi connectivity index (χ0v) is 16.5. The maximum Gasteiger partial charge on any atom is 0.387 e. The van der Waals surface area contributed by atoms with Crippen molar-refractivity contribution in [2.45, 2.75) is 20.0 Å². The Hall–Kier alpha value is -3.00. The second-order valence-corrected chi connectivity index (χ2v) is 6.71. The summed E-state index contributed by atoms with van der Waals surface area (Å²) in [6.45, 7) is -0.308. The van der Waals surface area contributed by atoms with Crippen molar-refractivity contribution in [1.82, 2.24) is 10.2 Å². The van der Waals surface area contributed by atoms with E-state index in [-0.39, 0.29) is 30.7 Å². The maximum atomic E-state index is 12.1. The number of nitrogens with zero attached hydrogens (tertiary/aromatic N) is 1. The molecule has 2 N–H and O–H groups in total. The topological polar surface area (TPSA) is 70.7 Å². The summed E-state index contributed by atoms with van der Waals surface area (Å²) in [6, 6.07) is 13.7. The number of hydrogen-bond donors (Lipinski definition) is 2. The third-order valence-electron chi connectivity index (χ3n) is 4.05. The highest BCUT2D eigenvalue weighted by molar-refractivity contribution is 5.92. The summed E-state index contributed by atoms with van der Waals surface area (Å²) in [5, 5.41) is 5.56. The highest BCUT2D eigenvalue weighted by Crippen LogP contribution is 2.15. The first-order valence-corrected chi connectivity index (χ1v) is 9.17. The van der Waals surface area contributed by atoms with Crippen LogP contribution in [0.2, 0.25) is 0 Å². The van der Waals surface area contributed by atoms with Crippen LogP contribution in [0.15, 0.2) is 48.5 Å². The van der Waals surface area contributed by atoms with Gasteiger partial charge in [-0.25, -0.2) is 0 Å². The third kappa shape index (κ3) is 8.69. The minimum absolute atomic E-state index is 0.0858. The highest BCUT2D eigenvalue weighted by atomic mass is 19.3. The molecule has 0 spiro atoms. The number of anilines is 1. The van der Waals surface area contributed by atoms with E-state index in [4.69, 9.17) is 0 Å². The average molecular weight is 405 g/mol. The summed E-state index contributed by atoms with van der Waals surface area (Å²) in [7, 11) is 1.69. The Bertz CT molecular complexity index is 796. The van der Waals surface area contributed by atoms with Crippen LogP contribution >= 0.6 is 0 Å². The predicted molar refractivity (Wildman–Crippen MR) is 107 cm³/mol. The molecule has 0 fully saturated rings. The van der Waals surface area contributed by atoms with E-state index in [2.05, 4.69) is 15.4 Å². The largest absolute Gasteiger partial charge is 0.435 e. The minimum Gasteiger partial charge on any atom is -0.435 e. The SMILES string of the molecule is Cc1ccc(NC(=O)CN(C)CC(=O)NCCc2ccc(OC(F)F)cc2)cc1. The van der Waals surface area contributed by atoms with E-state index in [1.165, 1.54) is 12.1 Å². The molecular weight excluding hydrogens is 380 g/mol. The lowest BCUT2D eigenvalue weighted by molar-refractivity contribution is -0.122. The summed E-state index contributed by atoms with van der Waals surface area (Å²) in [5.41, 5.74) is 2.70. The number of alkyl halides is 2. The first-order valence-electron chi connectivity index (χ1n) is 9.17. The molecule has 6 nitrogen and oxygen atoms in total. The predicted octanol–water partition coefficient (Wildman–Crippen LogP) is 2.83. The lowest BCUT2D eigenvalue weighted by Crippen LogP contribution is -2.39. The summed E-state index contributed by atoms with van der Waals surface area (Å²) in [5.74, 6) is -0.304. The molecule has 2 aromatic carbocycles. The summed E-state index contributed by atoms with van der Waals surface area (Å²) >= 11 is 0. The molecule has 2 amide bonds. The van der Waals surface area contributed by atoms with Gasteiger partial charge in [0.05, 0.1) is 13.1 Å². The monoisotopic (exact) mass is 405 g/mol. The number of rotatable bonds is 10. The molecule has 0 atom stereocenters. The van der Waals surface area contributed by atoms with Gasteiger partial charge in [0.25, 0.3) is 0 Å². The molecule has 2 aromatic rings. The molecule has 0 unspecified atom stereocenters. The number of likely N-dealkylation sites (N-methyl/N-ethyl adjacent to an activating group) is 1.